The highest BCUT2D eigenvalue weighted by molar-refractivity contribution is 7.85. The van der Waals surface area contributed by atoms with Crippen molar-refractivity contribution in [1.29, 1.82) is 0 Å². The number of benzene rings is 1. The fourth-order valence-electron chi connectivity index (χ4n) is 1.15. The highest BCUT2D eigenvalue weighted by Crippen LogP contribution is 2.30. The SMILES string of the molecule is NC[C@@H](O)CS(=O)c1cccc(C(F)(F)F)c1. The van der Waals surface area contributed by atoms with Gasteiger partial charge in [-0.2, -0.15) is 13.2 Å². The second kappa shape index (κ2) is 5.61. The Hall–Kier alpha value is -0.920. The number of halogens is 3. The van der Waals surface area contributed by atoms with E-state index < -0.39 is 28.6 Å². The Bertz CT molecular complexity index is 409. The van der Waals surface area contributed by atoms with Crippen molar-refractivity contribution in [3.05, 3.63) is 29.8 Å². The van der Waals surface area contributed by atoms with Gasteiger partial charge in [0.2, 0.25) is 0 Å². The Kier molecular flexibility index (Phi) is 4.67. The summed E-state index contributed by atoms with van der Waals surface area (Å²) in [5, 5.41) is 9.18. The van der Waals surface area contributed by atoms with E-state index in [-0.39, 0.29) is 17.2 Å². The van der Waals surface area contributed by atoms with E-state index >= 15 is 0 Å². The topological polar surface area (TPSA) is 63.3 Å². The minimum absolute atomic E-state index is 0.0346. The quantitative estimate of drug-likeness (QED) is 0.859. The number of alkyl halides is 3. The summed E-state index contributed by atoms with van der Waals surface area (Å²) in [6, 6.07) is 4.24. The lowest BCUT2D eigenvalue weighted by atomic mass is 10.2. The van der Waals surface area contributed by atoms with Crippen molar-refractivity contribution in [3.63, 3.8) is 0 Å². The van der Waals surface area contributed by atoms with Gasteiger partial charge in [0.15, 0.2) is 0 Å². The summed E-state index contributed by atoms with van der Waals surface area (Å²) in [6.07, 6.45) is -5.45. The van der Waals surface area contributed by atoms with Gasteiger partial charge < -0.3 is 10.8 Å². The van der Waals surface area contributed by atoms with Crippen LogP contribution in [0.4, 0.5) is 13.2 Å². The maximum absolute atomic E-state index is 12.4. The van der Waals surface area contributed by atoms with Crippen LogP contribution in [0, 0.1) is 0 Å². The van der Waals surface area contributed by atoms with Gasteiger partial charge >= 0.3 is 6.18 Å². The molecule has 0 bridgehead atoms. The molecular formula is C10H12F3NO2S. The smallest absolute Gasteiger partial charge is 0.391 e. The van der Waals surface area contributed by atoms with Gasteiger partial charge in [-0.05, 0) is 18.2 Å². The van der Waals surface area contributed by atoms with Crippen molar-refractivity contribution in [2.45, 2.75) is 17.2 Å². The fourth-order valence-corrected chi connectivity index (χ4v) is 2.32. The van der Waals surface area contributed by atoms with E-state index in [0.29, 0.717) is 0 Å². The van der Waals surface area contributed by atoms with E-state index in [2.05, 4.69) is 0 Å². The van der Waals surface area contributed by atoms with Crippen LogP contribution in [0.3, 0.4) is 0 Å². The zero-order chi connectivity index (χ0) is 13.1. The van der Waals surface area contributed by atoms with Crippen LogP contribution in [0.5, 0.6) is 0 Å². The van der Waals surface area contributed by atoms with Crippen LogP contribution in [0.1, 0.15) is 5.56 Å². The van der Waals surface area contributed by atoms with Crippen LogP contribution in [0.15, 0.2) is 29.2 Å². The van der Waals surface area contributed by atoms with Crippen molar-refractivity contribution < 1.29 is 22.5 Å². The van der Waals surface area contributed by atoms with E-state index in [1.807, 2.05) is 0 Å². The van der Waals surface area contributed by atoms with Crippen molar-refractivity contribution >= 4 is 10.8 Å². The van der Waals surface area contributed by atoms with Crippen molar-refractivity contribution in [2.24, 2.45) is 5.73 Å². The average Bonchev–Trinajstić information content (AvgIpc) is 2.28. The molecule has 1 rings (SSSR count). The molecule has 0 aliphatic heterocycles. The van der Waals surface area contributed by atoms with Crippen LogP contribution in [-0.2, 0) is 17.0 Å². The summed E-state index contributed by atoms with van der Waals surface area (Å²) in [6.45, 7) is -0.0787. The lowest BCUT2D eigenvalue weighted by Crippen LogP contribution is -2.26. The van der Waals surface area contributed by atoms with Crippen molar-refractivity contribution in [3.8, 4) is 0 Å². The van der Waals surface area contributed by atoms with Crippen LogP contribution in [0.2, 0.25) is 0 Å². The summed E-state index contributed by atoms with van der Waals surface area (Å²) >= 11 is 0. The van der Waals surface area contributed by atoms with Crippen LogP contribution >= 0.6 is 0 Å². The molecule has 0 radical (unpaired) electrons. The van der Waals surface area contributed by atoms with Crippen LogP contribution in [-0.4, -0.2) is 27.7 Å². The van der Waals surface area contributed by atoms with Crippen LogP contribution < -0.4 is 5.73 Å². The summed E-state index contributed by atoms with van der Waals surface area (Å²) in [5.74, 6) is -0.169. The Labute approximate surface area is 98.9 Å². The third-order valence-corrected chi connectivity index (χ3v) is 3.51. The number of aliphatic hydroxyl groups excluding tert-OH is 1. The van der Waals surface area contributed by atoms with Crippen molar-refractivity contribution in [1.82, 2.24) is 0 Å². The van der Waals surface area contributed by atoms with Gasteiger partial charge in [0.05, 0.1) is 28.2 Å². The first kappa shape index (κ1) is 14.1. The van der Waals surface area contributed by atoms with E-state index in [1.54, 1.807) is 0 Å². The molecule has 0 amide bonds. The second-order valence-electron chi connectivity index (χ2n) is 3.43. The molecule has 1 aromatic rings. The molecule has 1 unspecified atom stereocenters. The Morgan fingerprint density at radius 3 is 2.59 bits per heavy atom. The summed E-state index contributed by atoms with van der Waals surface area (Å²) < 4.78 is 48.8. The largest absolute Gasteiger partial charge is 0.416 e. The minimum Gasteiger partial charge on any atom is -0.391 e. The molecule has 7 heteroatoms. The zero-order valence-electron chi connectivity index (χ0n) is 8.78. The molecular weight excluding hydrogens is 255 g/mol. The summed E-state index contributed by atoms with van der Waals surface area (Å²) in [7, 11) is -1.69. The van der Waals surface area contributed by atoms with Gasteiger partial charge in [0.1, 0.15) is 0 Å². The number of hydrogen-bond donors (Lipinski definition) is 2. The second-order valence-corrected chi connectivity index (χ2v) is 4.92. The molecule has 0 fully saturated rings. The van der Waals surface area contributed by atoms with E-state index in [0.717, 1.165) is 12.1 Å². The van der Waals surface area contributed by atoms with Gasteiger partial charge in [-0.1, -0.05) is 6.07 Å². The van der Waals surface area contributed by atoms with E-state index in [1.165, 1.54) is 12.1 Å². The van der Waals surface area contributed by atoms with Crippen molar-refractivity contribution in [2.75, 3.05) is 12.3 Å². The molecule has 0 spiro atoms. The Balaban J connectivity index is 2.89. The first-order chi connectivity index (χ1) is 7.84. The molecule has 3 N–H and O–H groups in total. The predicted octanol–water partition coefficient (Wildman–Crippen LogP) is 1.13. The fraction of sp³-hybridized carbons (Fsp3) is 0.400. The standard InChI is InChI=1S/C10H12F3NO2S/c11-10(12,13)7-2-1-3-9(4-7)17(16)6-8(15)5-14/h1-4,8,15H,5-6,14H2/t8-,17?/m1/s1. The molecule has 0 aromatic heterocycles. The first-order valence-electron chi connectivity index (χ1n) is 4.78. The first-order valence-corrected chi connectivity index (χ1v) is 6.10. The molecule has 3 nitrogen and oxygen atoms in total. The third kappa shape index (κ3) is 4.10. The van der Waals surface area contributed by atoms with Gasteiger partial charge in [-0.25, -0.2) is 0 Å². The highest BCUT2D eigenvalue weighted by atomic mass is 32.2. The predicted molar refractivity (Wildman–Crippen MR) is 57.8 cm³/mol. The Morgan fingerprint density at radius 1 is 1.41 bits per heavy atom. The molecule has 2 atom stereocenters. The average molecular weight is 267 g/mol. The summed E-state index contributed by atoms with van der Waals surface area (Å²) in [5.41, 5.74) is 4.28. The maximum atomic E-state index is 12.4. The molecule has 1 aromatic carbocycles. The molecule has 0 aliphatic rings. The minimum atomic E-state index is -4.47. The molecule has 17 heavy (non-hydrogen) atoms. The van der Waals surface area contributed by atoms with Gasteiger partial charge in [-0.15, -0.1) is 0 Å². The van der Waals surface area contributed by atoms with E-state index in [9.17, 15) is 22.5 Å². The molecule has 0 heterocycles. The zero-order valence-corrected chi connectivity index (χ0v) is 9.59. The molecule has 96 valence electrons. The van der Waals surface area contributed by atoms with Gasteiger partial charge in [-0.3, -0.25) is 4.21 Å². The third-order valence-electron chi connectivity index (χ3n) is 2.04. The Morgan fingerprint density at radius 2 is 2.06 bits per heavy atom. The number of hydrogen-bond acceptors (Lipinski definition) is 3. The molecule has 0 aliphatic carbocycles. The lowest BCUT2D eigenvalue weighted by Gasteiger charge is -2.10. The number of aliphatic hydroxyl groups is 1. The van der Waals surface area contributed by atoms with Crippen LogP contribution in [0.25, 0.3) is 0 Å². The van der Waals surface area contributed by atoms with Gasteiger partial charge in [0.25, 0.3) is 0 Å². The number of rotatable bonds is 4. The molecule has 0 saturated carbocycles. The maximum Gasteiger partial charge on any atom is 0.416 e. The van der Waals surface area contributed by atoms with Gasteiger partial charge in [0, 0.05) is 11.4 Å². The summed E-state index contributed by atoms with van der Waals surface area (Å²) in [4.78, 5) is 0.0346. The highest BCUT2D eigenvalue weighted by Gasteiger charge is 2.30. The lowest BCUT2D eigenvalue weighted by molar-refractivity contribution is -0.137. The van der Waals surface area contributed by atoms with E-state index in [4.69, 9.17) is 5.73 Å². The monoisotopic (exact) mass is 267 g/mol. The normalized spacial score (nSPS) is 15.6. The number of nitrogens with two attached hydrogens (primary N) is 1. The molecule has 0 saturated heterocycles.